The van der Waals surface area contributed by atoms with E-state index in [1.165, 1.54) is 29.9 Å². The topological polar surface area (TPSA) is 44.8 Å². The van der Waals surface area contributed by atoms with E-state index in [1.54, 1.807) is 19.2 Å². The Morgan fingerprint density at radius 1 is 0.974 bits per heavy atom. The summed E-state index contributed by atoms with van der Waals surface area (Å²) < 4.78 is 31.6. The van der Waals surface area contributed by atoms with Crippen molar-refractivity contribution >= 4 is 11.5 Å². The number of esters is 1. The predicted octanol–water partition coefficient (Wildman–Crippen LogP) is 7.88. The zero-order valence-electron chi connectivity index (χ0n) is 22.6. The molecule has 0 saturated heterocycles. The number of benzene rings is 3. The fourth-order valence-electron chi connectivity index (χ4n) is 5.86. The van der Waals surface area contributed by atoms with Crippen LogP contribution in [0.5, 0.6) is 11.5 Å². The van der Waals surface area contributed by atoms with Gasteiger partial charge < -0.3 is 14.2 Å². The lowest BCUT2D eigenvalue weighted by atomic mass is 9.79. The van der Waals surface area contributed by atoms with Crippen LogP contribution in [-0.2, 0) is 22.6 Å². The number of carbonyl (C=O) groups excluding carboxylic acids is 1. The monoisotopic (exact) mass is 514 g/mol. The minimum Gasteiger partial charge on any atom is -0.497 e. The van der Waals surface area contributed by atoms with Gasteiger partial charge >= 0.3 is 5.97 Å². The molecule has 0 radical (unpaired) electrons. The first-order valence-corrected chi connectivity index (χ1v) is 13.3. The highest BCUT2D eigenvalue weighted by Crippen LogP contribution is 2.47. The number of hydrogen-bond acceptors (Lipinski definition) is 4. The van der Waals surface area contributed by atoms with Crippen LogP contribution in [0.25, 0.3) is 16.7 Å². The van der Waals surface area contributed by atoms with Gasteiger partial charge in [0.2, 0.25) is 0 Å². The summed E-state index contributed by atoms with van der Waals surface area (Å²) in [5.74, 6) is 1.12. The Labute approximate surface area is 224 Å². The molecule has 2 aliphatic carbocycles. The normalized spacial score (nSPS) is 17.6. The minimum atomic E-state index is -0.271. The fraction of sp³-hybridized carbons (Fsp3) is 0.364. The van der Waals surface area contributed by atoms with Gasteiger partial charge in [-0.05, 0) is 107 Å². The highest BCUT2D eigenvalue weighted by Gasteiger charge is 2.30. The second-order valence-corrected chi connectivity index (χ2v) is 10.9. The van der Waals surface area contributed by atoms with Crippen molar-refractivity contribution in [3.63, 3.8) is 0 Å². The minimum absolute atomic E-state index is 0.00178. The van der Waals surface area contributed by atoms with Crippen LogP contribution in [-0.4, -0.2) is 20.2 Å². The third-order valence-corrected chi connectivity index (χ3v) is 8.05. The number of allylic oxidation sites excluding steroid dienone is 2. The van der Waals surface area contributed by atoms with E-state index in [0.717, 1.165) is 48.1 Å². The number of ether oxygens (including phenoxy) is 3. The van der Waals surface area contributed by atoms with Crippen LogP contribution in [0.3, 0.4) is 0 Å². The smallest absolute Gasteiger partial charge is 0.306 e. The summed E-state index contributed by atoms with van der Waals surface area (Å²) in [4.78, 5) is 11.9. The predicted molar refractivity (Wildman–Crippen MR) is 148 cm³/mol. The molecule has 0 unspecified atom stereocenters. The van der Waals surface area contributed by atoms with Crippen molar-refractivity contribution in [3.05, 3.63) is 88.7 Å². The summed E-state index contributed by atoms with van der Waals surface area (Å²) in [6.07, 6.45) is 6.65. The molecule has 0 bridgehead atoms. The Kier molecular flexibility index (Phi) is 7.29. The van der Waals surface area contributed by atoms with Crippen molar-refractivity contribution in [1.29, 1.82) is 0 Å². The van der Waals surface area contributed by atoms with Gasteiger partial charge in [-0.15, -0.1) is 0 Å². The SMILES string of the molecule is COC(=O)C[C@@H]1CCc2ccc(OCc3ccc(-c4cc(OC)ccc4F)c(C4=CCCC4(C)C)c3)cc21. The van der Waals surface area contributed by atoms with Crippen molar-refractivity contribution in [2.24, 2.45) is 5.41 Å². The van der Waals surface area contributed by atoms with E-state index in [4.69, 9.17) is 14.2 Å². The zero-order chi connectivity index (χ0) is 26.9. The van der Waals surface area contributed by atoms with Crippen LogP contribution in [0.2, 0.25) is 0 Å². The molecule has 1 atom stereocenters. The average Bonchev–Trinajstić information content (AvgIpc) is 3.49. The molecular weight excluding hydrogens is 479 g/mol. The Hall–Kier alpha value is -3.60. The maximum Gasteiger partial charge on any atom is 0.306 e. The molecular formula is C33H35FO4. The largest absolute Gasteiger partial charge is 0.497 e. The molecule has 0 saturated carbocycles. The van der Waals surface area contributed by atoms with E-state index in [-0.39, 0.29) is 23.1 Å². The van der Waals surface area contributed by atoms with Crippen molar-refractivity contribution in [1.82, 2.24) is 0 Å². The molecule has 0 amide bonds. The molecule has 0 N–H and O–H groups in total. The van der Waals surface area contributed by atoms with Crippen molar-refractivity contribution < 1.29 is 23.4 Å². The lowest BCUT2D eigenvalue weighted by Crippen LogP contribution is -2.10. The quantitative estimate of drug-likeness (QED) is 0.287. The van der Waals surface area contributed by atoms with Gasteiger partial charge in [0, 0.05) is 5.56 Å². The van der Waals surface area contributed by atoms with Crippen molar-refractivity contribution in [2.75, 3.05) is 14.2 Å². The van der Waals surface area contributed by atoms with Crippen LogP contribution in [0, 0.1) is 11.2 Å². The summed E-state index contributed by atoms with van der Waals surface area (Å²) in [5, 5.41) is 0. The first-order chi connectivity index (χ1) is 18.3. The van der Waals surface area contributed by atoms with Crippen LogP contribution in [0.15, 0.2) is 60.7 Å². The standard InChI is InChI=1S/C33H35FO4/c1-33(2)15-5-6-30(33)28-16-21(7-13-26(28)29-18-24(36-3)12-14-31(29)34)20-38-25-11-10-22-8-9-23(27(22)19-25)17-32(35)37-4/h6-7,10-14,16,18-19,23H,5,8-9,15,17,20H2,1-4H3/t23-/m0/s1. The molecule has 5 heteroatoms. The molecule has 198 valence electrons. The van der Waals surface area contributed by atoms with Gasteiger partial charge in [0.1, 0.15) is 23.9 Å². The van der Waals surface area contributed by atoms with Crippen LogP contribution in [0.1, 0.15) is 67.7 Å². The molecule has 0 aliphatic heterocycles. The lowest BCUT2D eigenvalue weighted by Gasteiger charge is -2.25. The Morgan fingerprint density at radius 2 is 1.79 bits per heavy atom. The summed E-state index contributed by atoms with van der Waals surface area (Å²) in [6.45, 7) is 4.88. The second-order valence-electron chi connectivity index (χ2n) is 10.9. The molecule has 5 rings (SSSR count). The number of aryl methyl sites for hydroxylation is 1. The number of carbonyl (C=O) groups is 1. The third kappa shape index (κ3) is 5.20. The Balaban J connectivity index is 1.44. The van der Waals surface area contributed by atoms with Gasteiger partial charge in [0.15, 0.2) is 0 Å². The van der Waals surface area contributed by atoms with E-state index in [9.17, 15) is 4.79 Å². The van der Waals surface area contributed by atoms with Crippen LogP contribution < -0.4 is 9.47 Å². The zero-order valence-corrected chi connectivity index (χ0v) is 22.6. The van der Waals surface area contributed by atoms with Crippen LogP contribution in [0.4, 0.5) is 4.39 Å². The Morgan fingerprint density at radius 3 is 2.53 bits per heavy atom. The summed E-state index contributed by atoms with van der Waals surface area (Å²) in [5.41, 5.74) is 7.12. The first kappa shape index (κ1) is 26.0. The Bertz CT molecular complexity index is 1390. The van der Waals surface area contributed by atoms with Crippen molar-refractivity contribution in [3.8, 4) is 22.6 Å². The summed E-state index contributed by atoms with van der Waals surface area (Å²) >= 11 is 0. The summed E-state index contributed by atoms with van der Waals surface area (Å²) in [7, 11) is 3.03. The van der Waals surface area contributed by atoms with Gasteiger partial charge in [-0.3, -0.25) is 4.79 Å². The molecule has 0 heterocycles. The maximum absolute atomic E-state index is 15.0. The number of halogens is 1. The van der Waals surface area contributed by atoms with Gasteiger partial charge in [-0.25, -0.2) is 4.39 Å². The molecule has 3 aromatic carbocycles. The fourth-order valence-corrected chi connectivity index (χ4v) is 5.86. The molecule has 4 nitrogen and oxygen atoms in total. The second kappa shape index (κ2) is 10.6. The highest BCUT2D eigenvalue weighted by molar-refractivity contribution is 5.85. The number of rotatable bonds is 8. The maximum atomic E-state index is 15.0. The highest BCUT2D eigenvalue weighted by atomic mass is 19.1. The number of hydrogen-bond donors (Lipinski definition) is 0. The third-order valence-electron chi connectivity index (χ3n) is 8.05. The van der Waals surface area contributed by atoms with E-state index in [2.05, 4.69) is 38.1 Å². The van der Waals surface area contributed by atoms with E-state index < -0.39 is 0 Å². The van der Waals surface area contributed by atoms with E-state index >= 15 is 4.39 Å². The average molecular weight is 515 g/mol. The molecule has 38 heavy (non-hydrogen) atoms. The molecule has 0 aromatic heterocycles. The van der Waals surface area contributed by atoms with Gasteiger partial charge in [-0.2, -0.15) is 0 Å². The van der Waals surface area contributed by atoms with Gasteiger partial charge in [0.05, 0.1) is 20.6 Å². The molecule has 3 aromatic rings. The van der Waals surface area contributed by atoms with Gasteiger partial charge in [-0.1, -0.05) is 38.1 Å². The van der Waals surface area contributed by atoms with E-state index in [1.807, 2.05) is 18.2 Å². The van der Waals surface area contributed by atoms with Crippen LogP contribution >= 0.6 is 0 Å². The summed E-state index contributed by atoms with van der Waals surface area (Å²) in [6, 6.07) is 17.2. The van der Waals surface area contributed by atoms with E-state index in [0.29, 0.717) is 24.3 Å². The van der Waals surface area contributed by atoms with Crippen molar-refractivity contribution in [2.45, 2.75) is 58.5 Å². The number of methoxy groups -OCH3 is 2. The lowest BCUT2D eigenvalue weighted by molar-refractivity contribution is -0.141. The number of fused-ring (bicyclic) bond motifs is 1. The molecule has 0 spiro atoms. The first-order valence-electron chi connectivity index (χ1n) is 13.3. The molecule has 0 fully saturated rings. The molecule has 2 aliphatic rings. The van der Waals surface area contributed by atoms with Gasteiger partial charge in [0.25, 0.3) is 0 Å².